The van der Waals surface area contributed by atoms with E-state index in [9.17, 15) is 4.79 Å². The van der Waals surface area contributed by atoms with Gasteiger partial charge in [0, 0.05) is 12.5 Å². The van der Waals surface area contributed by atoms with Crippen molar-refractivity contribution < 1.29 is 9.53 Å². The molecular formula is C13H18ClN3O2. The lowest BCUT2D eigenvalue weighted by Crippen LogP contribution is -2.46. The summed E-state index contributed by atoms with van der Waals surface area (Å²) in [6.07, 6.45) is 2.27. The largest absolute Gasteiger partial charge is 0.379 e. The van der Waals surface area contributed by atoms with Gasteiger partial charge in [0.25, 0.3) is 5.91 Å². The lowest BCUT2D eigenvalue weighted by atomic mass is 10.0. The van der Waals surface area contributed by atoms with Gasteiger partial charge in [-0.25, -0.2) is 9.97 Å². The van der Waals surface area contributed by atoms with Crippen LogP contribution in [-0.2, 0) is 4.74 Å². The van der Waals surface area contributed by atoms with E-state index in [-0.39, 0.29) is 28.1 Å². The quantitative estimate of drug-likeness (QED) is 0.923. The van der Waals surface area contributed by atoms with Crippen molar-refractivity contribution in [3.8, 4) is 0 Å². The number of hydrogen-bond acceptors (Lipinski definition) is 4. The van der Waals surface area contributed by atoms with Crippen LogP contribution in [0, 0.1) is 0 Å². The molecule has 2 rings (SSSR count). The van der Waals surface area contributed by atoms with E-state index in [1.165, 1.54) is 6.20 Å². The number of aromatic nitrogens is 2. The second kappa shape index (κ2) is 5.43. The molecule has 1 aromatic heterocycles. The SMILES string of the molecule is CC(C)c1ncc(Cl)c(C(=O)NC2(C)CCOC2)n1. The van der Waals surface area contributed by atoms with Crippen molar-refractivity contribution in [2.24, 2.45) is 0 Å². The summed E-state index contributed by atoms with van der Waals surface area (Å²) in [6.45, 7) is 7.06. The van der Waals surface area contributed by atoms with Gasteiger partial charge in [-0.15, -0.1) is 0 Å². The Morgan fingerprint density at radius 1 is 1.58 bits per heavy atom. The standard InChI is InChI=1S/C13H18ClN3O2/c1-8(2)11-15-6-9(14)10(16-11)12(18)17-13(3)4-5-19-7-13/h6,8H,4-5,7H2,1-3H3,(H,17,18). The van der Waals surface area contributed by atoms with E-state index >= 15 is 0 Å². The number of rotatable bonds is 3. The zero-order valence-electron chi connectivity index (χ0n) is 11.4. The summed E-state index contributed by atoms with van der Waals surface area (Å²) in [6, 6.07) is 0. The van der Waals surface area contributed by atoms with Gasteiger partial charge in [-0.05, 0) is 13.3 Å². The van der Waals surface area contributed by atoms with Crippen LogP contribution in [0.5, 0.6) is 0 Å². The Balaban J connectivity index is 2.20. The summed E-state index contributed by atoms with van der Waals surface area (Å²) in [5, 5.41) is 3.21. The number of amides is 1. The smallest absolute Gasteiger partial charge is 0.272 e. The third kappa shape index (κ3) is 3.22. The average molecular weight is 284 g/mol. The van der Waals surface area contributed by atoms with Gasteiger partial charge in [0.1, 0.15) is 11.5 Å². The number of carbonyl (C=O) groups is 1. The van der Waals surface area contributed by atoms with Crippen molar-refractivity contribution >= 4 is 17.5 Å². The van der Waals surface area contributed by atoms with Gasteiger partial charge >= 0.3 is 0 Å². The molecule has 104 valence electrons. The van der Waals surface area contributed by atoms with Crippen LogP contribution < -0.4 is 5.32 Å². The van der Waals surface area contributed by atoms with Crippen LogP contribution >= 0.6 is 11.6 Å². The number of hydrogen-bond donors (Lipinski definition) is 1. The number of ether oxygens (including phenoxy) is 1. The van der Waals surface area contributed by atoms with Crippen LogP contribution in [-0.4, -0.2) is 34.6 Å². The van der Waals surface area contributed by atoms with Gasteiger partial charge in [0.2, 0.25) is 0 Å². The molecule has 0 aromatic carbocycles. The summed E-state index contributed by atoms with van der Waals surface area (Å²) in [4.78, 5) is 20.6. The molecule has 1 amide bonds. The molecule has 1 saturated heterocycles. The van der Waals surface area contributed by atoms with Gasteiger partial charge in [0.05, 0.1) is 23.4 Å². The van der Waals surface area contributed by atoms with Crippen LogP contribution in [0.15, 0.2) is 6.20 Å². The van der Waals surface area contributed by atoms with E-state index < -0.39 is 0 Å². The maximum atomic E-state index is 12.3. The maximum Gasteiger partial charge on any atom is 0.272 e. The Kier molecular flexibility index (Phi) is 4.06. The maximum absolute atomic E-state index is 12.3. The van der Waals surface area contributed by atoms with Crippen LogP contribution in [0.3, 0.4) is 0 Å². The summed E-state index contributed by atoms with van der Waals surface area (Å²) in [5.41, 5.74) is -0.114. The normalized spacial score (nSPS) is 22.8. The lowest BCUT2D eigenvalue weighted by Gasteiger charge is -2.23. The first-order chi connectivity index (χ1) is 8.91. The van der Waals surface area contributed by atoms with Gasteiger partial charge in [-0.2, -0.15) is 0 Å². The molecule has 19 heavy (non-hydrogen) atoms. The highest BCUT2D eigenvalue weighted by molar-refractivity contribution is 6.33. The molecule has 0 spiro atoms. The minimum Gasteiger partial charge on any atom is -0.379 e. The monoisotopic (exact) mass is 283 g/mol. The first-order valence-electron chi connectivity index (χ1n) is 6.34. The molecule has 0 aliphatic carbocycles. The van der Waals surface area contributed by atoms with Crippen LogP contribution in [0.25, 0.3) is 0 Å². The van der Waals surface area contributed by atoms with E-state index in [2.05, 4.69) is 15.3 Å². The number of nitrogens with zero attached hydrogens (tertiary/aromatic N) is 2. The van der Waals surface area contributed by atoms with Crippen LogP contribution in [0.4, 0.5) is 0 Å². The fourth-order valence-corrected chi connectivity index (χ4v) is 2.09. The first kappa shape index (κ1) is 14.2. The Hall–Kier alpha value is -1.20. The molecule has 5 nitrogen and oxygen atoms in total. The molecule has 1 unspecified atom stereocenters. The van der Waals surface area contributed by atoms with Crippen molar-refractivity contribution in [2.75, 3.05) is 13.2 Å². The third-order valence-electron chi connectivity index (χ3n) is 3.13. The van der Waals surface area contributed by atoms with Crippen LogP contribution in [0.1, 0.15) is 49.4 Å². The zero-order valence-corrected chi connectivity index (χ0v) is 12.1. The molecule has 6 heteroatoms. The number of halogens is 1. The Labute approximate surface area is 117 Å². The van der Waals surface area contributed by atoms with Crippen molar-refractivity contribution in [1.29, 1.82) is 0 Å². The van der Waals surface area contributed by atoms with E-state index in [0.717, 1.165) is 6.42 Å². The highest BCUT2D eigenvalue weighted by atomic mass is 35.5. The van der Waals surface area contributed by atoms with E-state index in [1.807, 2.05) is 20.8 Å². The van der Waals surface area contributed by atoms with E-state index in [1.54, 1.807) is 0 Å². The molecule has 2 heterocycles. The fraction of sp³-hybridized carbons (Fsp3) is 0.615. The molecule has 1 aromatic rings. The number of carbonyl (C=O) groups excluding carboxylic acids is 1. The molecule has 0 saturated carbocycles. The topological polar surface area (TPSA) is 64.1 Å². The molecular weight excluding hydrogens is 266 g/mol. The van der Waals surface area contributed by atoms with Gasteiger partial charge < -0.3 is 10.1 Å². The first-order valence-corrected chi connectivity index (χ1v) is 6.72. The summed E-state index contributed by atoms with van der Waals surface area (Å²) in [5.74, 6) is 0.485. The fourth-order valence-electron chi connectivity index (χ4n) is 1.92. The predicted octanol–water partition coefficient (Wildman–Crippen LogP) is 2.16. The van der Waals surface area contributed by atoms with Gasteiger partial charge in [0.15, 0.2) is 0 Å². The van der Waals surface area contributed by atoms with Crippen molar-refractivity contribution in [1.82, 2.24) is 15.3 Å². The van der Waals surface area contributed by atoms with E-state index in [0.29, 0.717) is 19.0 Å². The molecule has 1 N–H and O–H groups in total. The second-order valence-electron chi connectivity index (χ2n) is 5.40. The second-order valence-corrected chi connectivity index (χ2v) is 5.80. The third-order valence-corrected chi connectivity index (χ3v) is 3.40. The summed E-state index contributed by atoms with van der Waals surface area (Å²) in [7, 11) is 0. The molecule has 1 fully saturated rings. The minimum absolute atomic E-state index is 0.147. The average Bonchev–Trinajstić information content (AvgIpc) is 2.75. The lowest BCUT2D eigenvalue weighted by molar-refractivity contribution is 0.0884. The van der Waals surface area contributed by atoms with Crippen molar-refractivity contribution in [3.63, 3.8) is 0 Å². The Morgan fingerprint density at radius 3 is 2.89 bits per heavy atom. The van der Waals surface area contributed by atoms with Gasteiger partial charge in [-0.1, -0.05) is 25.4 Å². The zero-order chi connectivity index (χ0) is 14.0. The summed E-state index contributed by atoms with van der Waals surface area (Å²) < 4.78 is 5.31. The minimum atomic E-state index is -0.344. The van der Waals surface area contributed by atoms with Crippen molar-refractivity contribution in [3.05, 3.63) is 22.7 Å². The number of nitrogens with one attached hydrogen (secondary N) is 1. The molecule has 1 aliphatic rings. The molecule has 1 aliphatic heterocycles. The Morgan fingerprint density at radius 2 is 2.32 bits per heavy atom. The van der Waals surface area contributed by atoms with E-state index in [4.69, 9.17) is 16.3 Å². The predicted molar refractivity (Wildman–Crippen MR) is 72.4 cm³/mol. The molecule has 0 bridgehead atoms. The van der Waals surface area contributed by atoms with Crippen molar-refractivity contribution in [2.45, 2.75) is 38.6 Å². The van der Waals surface area contributed by atoms with Crippen LogP contribution in [0.2, 0.25) is 5.02 Å². The highest BCUT2D eigenvalue weighted by Crippen LogP contribution is 2.20. The highest BCUT2D eigenvalue weighted by Gasteiger charge is 2.32. The molecule has 0 radical (unpaired) electrons. The van der Waals surface area contributed by atoms with Gasteiger partial charge in [-0.3, -0.25) is 4.79 Å². The Bertz CT molecular complexity index is 485. The molecule has 1 atom stereocenters. The summed E-state index contributed by atoms with van der Waals surface area (Å²) >= 11 is 6.01.